The number of carbonyl (C=O) groups excluding carboxylic acids is 1. The average molecular weight is 310 g/mol. The number of halogens is 1. The molecule has 1 saturated heterocycles. The van der Waals surface area contributed by atoms with Gasteiger partial charge in [-0.25, -0.2) is 4.39 Å². The maximum atomic E-state index is 13.5. The van der Waals surface area contributed by atoms with Crippen molar-refractivity contribution in [2.24, 2.45) is 11.7 Å². The minimum absolute atomic E-state index is 0.242. The van der Waals surface area contributed by atoms with Crippen LogP contribution < -0.4 is 10.5 Å². The predicted octanol–water partition coefficient (Wildman–Crippen LogP) is 1.66. The third-order valence-electron chi connectivity index (χ3n) is 3.68. The van der Waals surface area contributed by atoms with E-state index in [0.29, 0.717) is 44.4 Å². The van der Waals surface area contributed by atoms with Crippen molar-refractivity contribution in [1.29, 1.82) is 0 Å². The second-order valence-electron chi connectivity index (χ2n) is 5.55. The first kappa shape index (κ1) is 16.7. The second-order valence-corrected chi connectivity index (χ2v) is 5.55. The zero-order chi connectivity index (χ0) is 15.9. The van der Waals surface area contributed by atoms with E-state index in [9.17, 15) is 9.18 Å². The van der Waals surface area contributed by atoms with Gasteiger partial charge in [0.1, 0.15) is 11.6 Å². The van der Waals surface area contributed by atoms with Crippen LogP contribution in [0.4, 0.5) is 4.39 Å². The molecule has 1 fully saturated rings. The predicted molar refractivity (Wildman–Crippen MR) is 81.5 cm³/mol. The number of benzene rings is 1. The van der Waals surface area contributed by atoms with Gasteiger partial charge in [-0.15, -0.1) is 0 Å². The number of nitrogens with two attached hydrogens (primary N) is 1. The number of hydrogen-bond acceptors (Lipinski definition) is 4. The summed E-state index contributed by atoms with van der Waals surface area (Å²) >= 11 is 0. The molecule has 6 heteroatoms. The fraction of sp³-hybridized carbons (Fsp3) is 0.562. The summed E-state index contributed by atoms with van der Waals surface area (Å²) in [7, 11) is 1.72. The highest BCUT2D eigenvalue weighted by atomic mass is 19.1. The maximum Gasteiger partial charge on any atom is 0.257 e. The maximum absolute atomic E-state index is 13.5. The van der Waals surface area contributed by atoms with E-state index in [2.05, 4.69) is 0 Å². The van der Waals surface area contributed by atoms with Crippen LogP contribution in [-0.4, -0.2) is 50.8 Å². The summed E-state index contributed by atoms with van der Waals surface area (Å²) in [5.74, 6) is 0.0414. The number of rotatable bonds is 7. The monoisotopic (exact) mass is 310 g/mol. The molecule has 0 aromatic heterocycles. The Labute approximate surface area is 130 Å². The highest BCUT2D eigenvalue weighted by Crippen LogP contribution is 2.23. The van der Waals surface area contributed by atoms with Crippen molar-refractivity contribution in [3.63, 3.8) is 0 Å². The number of amides is 1. The summed E-state index contributed by atoms with van der Waals surface area (Å²) in [6.45, 7) is 2.91. The SMILES string of the molecule is CN(C[C@@H]1CCOC1)C(=O)c1cc(F)ccc1OCCCN. The third-order valence-corrected chi connectivity index (χ3v) is 3.68. The van der Waals surface area contributed by atoms with Gasteiger partial charge in [-0.1, -0.05) is 0 Å². The first-order valence-electron chi connectivity index (χ1n) is 7.57. The number of ether oxygens (including phenoxy) is 2. The topological polar surface area (TPSA) is 64.8 Å². The van der Waals surface area contributed by atoms with Crippen LogP contribution in [0.2, 0.25) is 0 Å². The summed E-state index contributed by atoms with van der Waals surface area (Å²) in [5.41, 5.74) is 5.68. The molecule has 122 valence electrons. The van der Waals surface area contributed by atoms with Gasteiger partial charge in [0.05, 0.1) is 18.8 Å². The van der Waals surface area contributed by atoms with Gasteiger partial charge < -0.3 is 20.1 Å². The Bertz CT molecular complexity index is 504. The van der Waals surface area contributed by atoms with E-state index in [1.807, 2.05) is 0 Å². The molecule has 2 N–H and O–H groups in total. The van der Waals surface area contributed by atoms with Crippen LogP contribution in [-0.2, 0) is 4.74 Å². The molecule has 1 amide bonds. The molecule has 2 rings (SSSR count). The molecular formula is C16H23FN2O3. The van der Waals surface area contributed by atoms with Crippen molar-refractivity contribution in [3.8, 4) is 5.75 Å². The molecule has 0 radical (unpaired) electrons. The molecule has 0 bridgehead atoms. The molecule has 0 aliphatic carbocycles. The summed E-state index contributed by atoms with van der Waals surface area (Å²) < 4.78 is 24.4. The fourth-order valence-electron chi connectivity index (χ4n) is 2.46. The molecule has 22 heavy (non-hydrogen) atoms. The standard InChI is InChI=1S/C16H23FN2O3/c1-19(10-12-5-8-21-11-12)16(20)14-9-13(17)3-4-15(14)22-7-2-6-18/h3-4,9,12H,2,5-8,10-11,18H2,1H3/t12-/m0/s1. The first-order valence-corrected chi connectivity index (χ1v) is 7.57. The molecule has 1 aliphatic rings. The van der Waals surface area contributed by atoms with Gasteiger partial charge in [0.15, 0.2) is 0 Å². The van der Waals surface area contributed by atoms with Crippen molar-refractivity contribution < 1.29 is 18.7 Å². The van der Waals surface area contributed by atoms with Crippen LogP contribution in [0, 0.1) is 11.7 Å². The molecule has 5 nitrogen and oxygen atoms in total. The summed E-state index contributed by atoms with van der Waals surface area (Å²) in [6.07, 6.45) is 1.63. The Hall–Kier alpha value is -1.66. The molecule has 1 aromatic carbocycles. The van der Waals surface area contributed by atoms with E-state index in [-0.39, 0.29) is 11.5 Å². The molecule has 1 heterocycles. The summed E-state index contributed by atoms with van der Waals surface area (Å²) in [4.78, 5) is 14.2. The van der Waals surface area contributed by atoms with Crippen molar-refractivity contribution >= 4 is 5.91 Å². The van der Waals surface area contributed by atoms with E-state index in [0.717, 1.165) is 13.0 Å². The van der Waals surface area contributed by atoms with Gasteiger partial charge in [0.2, 0.25) is 0 Å². The fourth-order valence-corrected chi connectivity index (χ4v) is 2.46. The average Bonchev–Trinajstić information content (AvgIpc) is 3.01. The zero-order valence-electron chi connectivity index (χ0n) is 12.9. The molecule has 1 atom stereocenters. The van der Waals surface area contributed by atoms with E-state index < -0.39 is 5.82 Å². The Morgan fingerprint density at radius 3 is 3.05 bits per heavy atom. The normalized spacial score (nSPS) is 17.5. The summed E-state index contributed by atoms with van der Waals surface area (Å²) in [5, 5.41) is 0. The third kappa shape index (κ3) is 4.42. The lowest BCUT2D eigenvalue weighted by Gasteiger charge is -2.21. The van der Waals surface area contributed by atoms with E-state index in [4.69, 9.17) is 15.2 Å². The molecular weight excluding hydrogens is 287 g/mol. The van der Waals surface area contributed by atoms with Crippen LogP contribution in [0.15, 0.2) is 18.2 Å². The lowest BCUT2D eigenvalue weighted by Crippen LogP contribution is -2.32. The van der Waals surface area contributed by atoms with Gasteiger partial charge in [-0.2, -0.15) is 0 Å². The highest BCUT2D eigenvalue weighted by Gasteiger charge is 2.23. The van der Waals surface area contributed by atoms with Gasteiger partial charge >= 0.3 is 0 Å². The van der Waals surface area contributed by atoms with Crippen molar-refractivity contribution in [2.45, 2.75) is 12.8 Å². The first-order chi connectivity index (χ1) is 10.6. The number of carbonyl (C=O) groups is 1. The number of nitrogens with zero attached hydrogens (tertiary/aromatic N) is 1. The van der Waals surface area contributed by atoms with Gasteiger partial charge in [0, 0.05) is 26.1 Å². The largest absolute Gasteiger partial charge is 0.493 e. The minimum atomic E-state index is -0.452. The number of hydrogen-bond donors (Lipinski definition) is 1. The lowest BCUT2D eigenvalue weighted by atomic mass is 10.1. The minimum Gasteiger partial charge on any atom is -0.493 e. The van der Waals surface area contributed by atoms with Gasteiger partial charge in [-0.3, -0.25) is 4.79 Å². The molecule has 0 spiro atoms. The van der Waals surface area contributed by atoms with E-state index in [1.165, 1.54) is 18.2 Å². The van der Waals surface area contributed by atoms with Crippen LogP contribution in [0.3, 0.4) is 0 Å². The molecule has 1 aromatic rings. The van der Waals surface area contributed by atoms with Crippen molar-refractivity contribution in [2.75, 3.05) is 40.0 Å². The Morgan fingerprint density at radius 1 is 1.55 bits per heavy atom. The summed E-state index contributed by atoms with van der Waals surface area (Å²) in [6, 6.07) is 4.01. The molecule has 1 aliphatic heterocycles. The van der Waals surface area contributed by atoms with Crippen LogP contribution in [0.1, 0.15) is 23.2 Å². The van der Waals surface area contributed by atoms with Crippen LogP contribution in [0.25, 0.3) is 0 Å². The van der Waals surface area contributed by atoms with Gasteiger partial charge in [0.25, 0.3) is 5.91 Å². The Kier molecular flexibility index (Phi) is 6.15. The van der Waals surface area contributed by atoms with E-state index >= 15 is 0 Å². The van der Waals surface area contributed by atoms with Gasteiger partial charge in [-0.05, 0) is 37.6 Å². The zero-order valence-corrected chi connectivity index (χ0v) is 12.9. The lowest BCUT2D eigenvalue weighted by molar-refractivity contribution is 0.0761. The quantitative estimate of drug-likeness (QED) is 0.778. The van der Waals surface area contributed by atoms with Crippen LogP contribution in [0.5, 0.6) is 5.75 Å². The Morgan fingerprint density at radius 2 is 2.36 bits per heavy atom. The van der Waals surface area contributed by atoms with E-state index in [1.54, 1.807) is 11.9 Å². The highest BCUT2D eigenvalue weighted by molar-refractivity contribution is 5.96. The second kappa shape index (κ2) is 8.10. The smallest absolute Gasteiger partial charge is 0.257 e. The van der Waals surface area contributed by atoms with Crippen LogP contribution >= 0.6 is 0 Å². The Balaban J connectivity index is 2.07. The molecule has 0 saturated carbocycles. The van der Waals surface area contributed by atoms with Crippen molar-refractivity contribution in [3.05, 3.63) is 29.6 Å². The van der Waals surface area contributed by atoms with Crippen molar-refractivity contribution in [1.82, 2.24) is 4.90 Å². The molecule has 0 unspecified atom stereocenters.